The molecule has 1 aliphatic heterocycles. The molecule has 1 unspecified atom stereocenters. The van der Waals surface area contributed by atoms with Crippen LogP contribution in [0.2, 0.25) is 0 Å². The first-order chi connectivity index (χ1) is 10.2. The summed E-state index contributed by atoms with van der Waals surface area (Å²) < 4.78 is 0. The van der Waals surface area contributed by atoms with Gasteiger partial charge < -0.3 is 9.80 Å². The van der Waals surface area contributed by atoms with Crippen LogP contribution in [0.4, 0.5) is 0 Å². The fraction of sp³-hybridized carbons (Fsp3) is 0.375. The second-order valence-corrected chi connectivity index (χ2v) is 6.01. The summed E-state index contributed by atoms with van der Waals surface area (Å²) in [6, 6.07) is 3.59. The molecule has 2 rings (SSSR count). The van der Waals surface area contributed by atoms with Gasteiger partial charge in [-0.25, -0.2) is 0 Å². The number of thiophene rings is 1. The molecule has 1 aliphatic rings. The maximum Gasteiger partial charge on any atom is 0.245 e. The molecule has 1 saturated heterocycles. The first-order valence-electron chi connectivity index (χ1n) is 6.99. The van der Waals surface area contributed by atoms with E-state index >= 15 is 0 Å². The Hall–Kier alpha value is -1.88. The van der Waals surface area contributed by atoms with Gasteiger partial charge in [0, 0.05) is 24.4 Å². The van der Waals surface area contributed by atoms with E-state index in [2.05, 4.69) is 13.2 Å². The molecule has 21 heavy (non-hydrogen) atoms. The Morgan fingerprint density at radius 3 is 2.71 bits per heavy atom. The van der Waals surface area contributed by atoms with Gasteiger partial charge in [0.1, 0.15) is 6.04 Å². The predicted molar refractivity (Wildman–Crippen MR) is 84.9 cm³/mol. The third kappa shape index (κ3) is 3.61. The smallest absolute Gasteiger partial charge is 0.245 e. The minimum absolute atomic E-state index is 0.0165. The molecule has 0 aromatic carbocycles. The van der Waals surface area contributed by atoms with E-state index < -0.39 is 0 Å². The van der Waals surface area contributed by atoms with Crippen molar-refractivity contribution in [3.63, 3.8) is 0 Å². The van der Waals surface area contributed by atoms with Gasteiger partial charge in [-0.15, -0.1) is 24.5 Å². The zero-order valence-electron chi connectivity index (χ0n) is 12.0. The number of likely N-dealkylation sites (tertiary alicyclic amines) is 1. The van der Waals surface area contributed by atoms with E-state index in [4.69, 9.17) is 0 Å². The molecule has 1 atom stereocenters. The van der Waals surface area contributed by atoms with Crippen LogP contribution in [0.25, 0.3) is 0 Å². The van der Waals surface area contributed by atoms with Crippen molar-refractivity contribution in [3.05, 3.63) is 47.7 Å². The summed E-state index contributed by atoms with van der Waals surface area (Å²) in [5.74, 6) is 0.0381. The second-order valence-electron chi connectivity index (χ2n) is 4.98. The third-order valence-electron chi connectivity index (χ3n) is 3.53. The van der Waals surface area contributed by atoms with Gasteiger partial charge >= 0.3 is 0 Å². The molecule has 5 heteroatoms. The molecule has 0 N–H and O–H groups in total. The molecule has 2 amide bonds. The Bertz CT molecular complexity index is 514. The Morgan fingerprint density at radius 1 is 1.43 bits per heavy atom. The van der Waals surface area contributed by atoms with Crippen molar-refractivity contribution in [2.45, 2.75) is 25.4 Å². The van der Waals surface area contributed by atoms with Gasteiger partial charge in [-0.3, -0.25) is 9.59 Å². The van der Waals surface area contributed by atoms with E-state index in [-0.39, 0.29) is 17.9 Å². The van der Waals surface area contributed by atoms with Gasteiger partial charge in [-0.05, 0) is 17.9 Å². The molecule has 112 valence electrons. The van der Waals surface area contributed by atoms with Gasteiger partial charge in [0.25, 0.3) is 0 Å². The quantitative estimate of drug-likeness (QED) is 0.726. The van der Waals surface area contributed by atoms with Crippen LogP contribution in [0.15, 0.2) is 42.8 Å². The van der Waals surface area contributed by atoms with Crippen molar-refractivity contribution in [1.82, 2.24) is 9.80 Å². The van der Waals surface area contributed by atoms with Crippen LogP contribution in [-0.4, -0.2) is 40.7 Å². The number of amides is 2. The molecular formula is C16H20N2O2S. The lowest BCUT2D eigenvalue weighted by Crippen LogP contribution is -2.46. The zero-order valence-corrected chi connectivity index (χ0v) is 12.8. The molecule has 2 heterocycles. The molecule has 1 aromatic heterocycles. The number of hydrogen-bond donors (Lipinski definition) is 0. The van der Waals surface area contributed by atoms with E-state index in [0.29, 0.717) is 32.5 Å². The summed E-state index contributed by atoms with van der Waals surface area (Å²) in [7, 11) is 0. The Balaban J connectivity index is 2.11. The van der Waals surface area contributed by atoms with Crippen LogP contribution in [0.3, 0.4) is 0 Å². The lowest BCUT2D eigenvalue weighted by Gasteiger charge is -2.29. The molecule has 0 aliphatic carbocycles. The zero-order chi connectivity index (χ0) is 15.2. The largest absolute Gasteiger partial charge is 0.333 e. The number of nitrogens with zero attached hydrogens (tertiary/aromatic N) is 2. The maximum absolute atomic E-state index is 12.6. The van der Waals surface area contributed by atoms with E-state index in [1.165, 1.54) is 0 Å². The van der Waals surface area contributed by atoms with Crippen LogP contribution in [-0.2, 0) is 16.1 Å². The molecule has 0 bridgehead atoms. The van der Waals surface area contributed by atoms with E-state index in [1.54, 1.807) is 33.3 Å². The highest BCUT2D eigenvalue weighted by molar-refractivity contribution is 7.09. The van der Waals surface area contributed by atoms with E-state index in [1.807, 2.05) is 17.5 Å². The minimum Gasteiger partial charge on any atom is -0.333 e. The average Bonchev–Trinajstić information content (AvgIpc) is 3.10. The maximum atomic E-state index is 12.6. The van der Waals surface area contributed by atoms with E-state index in [9.17, 15) is 9.59 Å². The van der Waals surface area contributed by atoms with Crippen LogP contribution in [0.5, 0.6) is 0 Å². The Morgan fingerprint density at radius 2 is 2.14 bits per heavy atom. The molecule has 0 spiro atoms. The molecule has 1 fully saturated rings. The molecule has 4 nitrogen and oxygen atoms in total. The number of carbonyl (C=O) groups excluding carboxylic acids is 2. The summed E-state index contributed by atoms with van der Waals surface area (Å²) in [5.41, 5.74) is 0. The lowest BCUT2D eigenvalue weighted by atomic mass is 10.2. The SMILES string of the molecule is C=CCN(CC=C)C(=O)C1CCC(=O)N1Cc1cccs1. The van der Waals surface area contributed by atoms with Crippen molar-refractivity contribution in [2.24, 2.45) is 0 Å². The highest BCUT2D eigenvalue weighted by Crippen LogP contribution is 2.24. The topological polar surface area (TPSA) is 40.6 Å². The summed E-state index contributed by atoms with van der Waals surface area (Å²) in [6.45, 7) is 8.82. The summed E-state index contributed by atoms with van der Waals surface area (Å²) >= 11 is 1.60. The second kappa shape index (κ2) is 7.22. The molecule has 1 aromatic rings. The normalized spacial score (nSPS) is 17.8. The molecule has 0 saturated carbocycles. The van der Waals surface area contributed by atoms with Crippen molar-refractivity contribution in [2.75, 3.05) is 13.1 Å². The van der Waals surface area contributed by atoms with Crippen LogP contribution in [0.1, 0.15) is 17.7 Å². The van der Waals surface area contributed by atoms with Gasteiger partial charge in [-0.2, -0.15) is 0 Å². The van der Waals surface area contributed by atoms with Crippen LogP contribution >= 0.6 is 11.3 Å². The number of rotatable bonds is 7. The Labute approximate surface area is 129 Å². The van der Waals surface area contributed by atoms with Crippen LogP contribution in [0, 0.1) is 0 Å². The highest BCUT2D eigenvalue weighted by atomic mass is 32.1. The van der Waals surface area contributed by atoms with Gasteiger partial charge in [0.15, 0.2) is 0 Å². The average molecular weight is 304 g/mol. The number of carbonyl (C=O) groups is 2. The summed E-state index contributed by atoms with van der Waals surface area (Å²) in [4.78, 5) is 29.2. The van der Waals surface area contributed by atoms with Gasteiger partial charge in [-0.1, -0.05) is 18.2 Å². The van der Waals surface area contributed by atoms with Crippen LogP contribution < -0.4 is 0 Å². The fourth-order valence-corrected chi connectivity index (χ4v) is 3.24. The van der Waals surface area contributed by atoms with Gasteiger partial charge in [0.05, 0.1) is 6.54 Å². The monoisotopic (exact) mass is 304 g/mol. The van der Waals surface area contributed by atoms with E-state index in [0.717, 1.165) is 4.88 Å². The number of hydrogen-bond acceptors (Lipinski definition) is 3. The molecule has 0 radical (unpaired) electrons. The standard InChI is InChI=1S/C16H20N2O2S/c1-3-9-17(10-4-2)16(20)14-7-8-15(19)18(14)12-13-6-5-11-21-13/h3-6,11,14H,1-2,7-10,12H2. The first kappa shape index (κ1) is 15.5. The van der Waals surface area contributed by atoms with Crippen molar-refractivity contribution >= 4 is 23.2 Å². The minimum atomic E-state index is -0.362. The van der Waals surface area contributed by atoms with Crippen molar-refractivity contribution in [1.29, 1.82) is 0 Å². The van der Waals surface area contributed by atoms with Gasteiger partial charge in [0.2, 0.25) is 11.8 Å². The summed E-state index contributed by atoms with van der Waals surface area (Å²) in [6.07, 6.45) is 4.43. The first-order valence-corrected chi connectivity index (χ1v) is 7.87. The highest BCUT2D eigenvalue weighted by Gasteiger charge is 2.37. The third-order valence-corrected chi connectivity index (χ3v) is 4.39. The molecular weight excluding hydrogens is 284 g/mol. The lowest BCUT2D eigenvalue weighted by molar-refractivity contribution is -0.141. The van der Waals surface area contributed by atoms with Crippen molar-refractivity contribution in [3.8, 4) is 0 Å². The predicted octanol–water partition coefficient (Wildman–Crippen LogP) is 2.44. The summed E-state index contributed by atoms with van der Waals surface area (Å²) in [5, 5.41) is 1.98. The Kier molecular flexibility index (Phi) is 5.33. The van der Waals surface area contributed by atoms with Crippen molar-refractivity contribution < 1.29 is 9.59 Å². The fourth-order valence-electron chi connectivity index (χ4n) is 2.54.